The van der Waals surface area contributed by atoms with Gasteiger partial charge in [0.05, 0.1) is 40.3 Å². The molecule has 0 N–H and O–H groups in total. The van der Waals surface area contributed by atoms with Gasteiger partial charge in [0, 0.05) is 26.0 Å². The zero-order valence-electron chi connectivity index (χ0n) is 19.6. The van der Waals surface area contributed by atoms with Crippen LogP contribution < -0.4 is 9.80 Å². The maximum atomic E-state index is 13.8. The van der Waals surface area contributed by atoms with Gasteiger partial charge in [-0.05, 0) is 47.7 Å². The predicted molar refractivity (Wildman–Crippen MR) is 145 cm³/mol. The molecule has 174 valence electrons. The number of nitriles is 1. The molecule has 0 spiro atoms. The van der Waals surface area contributed by atoms with E-state index in [1.54, 1.807) is 28.8 Å². The Bertz CT molecular complexity index is 1410. The Hall–Kier alpha value is -3.67. The zero-order chi connectivity index (χ0) is 24.5. The number of hydrogen-bond donors (Lipinski definition) is 0. The Labute approximate surface area is 213 Å². The van der Waals surface area contributed by atoms with Crippen molar-refractivity contribution in [2.24, 2.45) is 4.99 Å². The van der Waals surface area contributed by atoms with E-state index >= 15 is 0 Å². The molecular formula is C27H23N5OS2. The Morgan fingerprint density at radius 1 is 1.00 bits per heavy atom. The highest BCUT2D eigenvalue weighted by molar-refractivity contribution is 8.19. The number of nitrogens with zero attached hydrogens (tertiary/aromatic N) is 5. The molecule has 1 saturated heterocycles. The summed E-state index contributed by atoms with van der Waals surface area (Å²) in [6.07, 6.45) is 0. The monoisotopic (exact) mass is 497 g/mol. The normalized spacial score (nSPS) is 18.2. The first-order chi connectivity index (χ1) is 17.0. The van der Waals surface area contributed by atoms with Gasteiger partial charge in [0.1, 0.15) is 4.91 Å². The Morgan fingerprint density at radius 3 is 2.46 bits per heavy atom. The van der Waals surface area contributed by atoms with Crippen molar-refractivity contribution >= 4 is 51.7 Å². The summed E-state index contributed by atoms with van der Waals surface area (Å²) in [5.74, 6) is -0.0670. The standard InChI is InChI=1S/C27H23N5OS2/c1-30(2)21-14-13-19(16-28)15-20(21)29-27-32(17-18-9-5-4-6-10-18)25(33)24(35-27)26-31(3)22-11-7-8-12-23(22)34-26/h4-15H,17H2,1-3H3/b26-24-,29-27?. The minimum Gasteiger partial charge on any atom is -0.376 e. The summed E-state index contributed by atoms with van der Waals surface area (Å²) in [6.45, 7) is 0.416. The Kier molecular flexibility index (Phi) is 6.29. The third-order valence-electron chi connectivity index (χ3n) is 5.78. The van der Waals surface area contributed by atoms with E-state index in [4.69, 9.17) is 4.99 Å². The van der Waals surface area contributed by atoms with Gasteiger partial charge in [-0.3, -0.25) is 9.69 Å². The van der Waals surface area contributed by atoms with E-state index in [2.05, 4.69) is 23.1 Å². The summed E-state index contributed by atoms with van der Waals surface area (Å²) in [5, 5.41) is 11.0. The summed E-state index contributed by atoms with van der Waals surface area (Å²) in [7, 11) is 5.87. The molecule has 0 bridgehead atoms. The average molecular weight is 498 g/mol. The molecular weight excluding hydrogens is 474 g/mol. The summed E-state index contributed by atoms with van der Waals surface area (Å²) in [6, 6.07) is 25.7. The molecule has 0 radical (unpaired) electrons. The van der Waals surface area contributed by atoms with Crippen LogP contribution in [0.3, 0.4) is 0 Å². The first-order valence-corrected chi connectivity index (χ1v) is 12.7. The van der Waals surface area contributed by atoms with Crippen LogP contribution in [0.5, 0.6) is 0 Å². The van der Waals surface area contributed by atoms with Gasteiger partial charge in [-0.15, -0.1) is 0 Å². The van der Waals surface area contributed by atoms with E-state index in [1.165, 1.54) is 11.8 Å². The van der Waals surface area contributed by atoms with Crippen LogP contribution in [0, 0.1) is 11.3 Å². The minimum atomic E-state index is -0.0670. The van der Waals surface area contributed by atoms with E-state index in [1.807, 2.05) is 74.6 Å². The molecule has 2 aliphatic rings. The van der Waals surface area contributed by atoms with Crippen LogP contribution >= 0.6 is 23.5 Å². The van der Waals surface area contributed by atoms with Crippen LogP contribution in [0.4, 0.5) is 17.1 Å². The van der Waals surface area contributed by atoms with Gasteiger partial charge in [0.25, 0.3) is 5.91 Å². The molecule has 5 rings (SSSR count). The van der Waals surface area contributed by atoms with Crippen molar-refractivity contribution in [2.75, 3.05) is 30.9 Å². The molecule has 8 heteroatoms. The number of fused-ring (bicyclic) bond motifs is 1. The summed E-state index contributed by atoms with van der Waals surface area (Å²) in [4.78, 5) is 26.3. The lowest BCUT2D eigenvalue weighted by Gasteiger charge is -2.18. The maximum absolute atomic E-state index is 13.8. The quantitative estimate of drug-likeness (QED) is 0.425. The third-order valence-corrected chi connectivity index (χ3v) is 8.21. The van der Waals surface area contributed by atoms with E-state index < -0.39 is 0 Å². The average Bonchev–Trinajstić information content (AvgIpc) is 3.36. The molecule has 0 aromatic heterocycles. The van der Waals surface area contributed by atoms with Crippen LogP contribution in [-0.4, -0.2) is 37.1 Å². The molecule has 6 nitrogen and oxygen atoms in total. The molecule has 2 heterocycles. The molecule has 35 heavy (non-hydrogen) atoms. The van der Waals surface area contributed by atoms with Gasteiger partial charge in [0.2, 0.25) is 0 Å². The van der Waals surface area contributed by atoms with Crippen molar-refractivity contribution < 1.29 is 4.79 Å². The summed E-state index contributed by atoms with van der Waals surface area (Å²) in [5.41, 5.74) is 4.17. The number of thioether (sulfide) groups is 2. The highest BCUT2D eigenvalue weighted by Gasteiger charge is 2.39. The highest BCUT2D eigenvalue weighted by atomic mass is 32.2. The number of carbonyl (C=O) groups excluding carboxylic acids is 1. The molecule has 0 aliphatic carbocycles. The fourth-order valence-corrected chi connectivity index (χ4v) is 6.32. The number of benzene rings is 3. The second-order valence-electron chi connectivity index (χ2n) is 8.35. The first kappa shape index (κ1) is 23.1. The maximum Gasteiger partial charge on any atom is 0.269 e. The van der Waals surface area contributed by atoms with Crippen molar-refractivity contribution in [3.8, 4) is 6.07 Å². The van der Waals surface area contributed by atoms with Gasteiger partial charge in [-0.1, -0.05) is 54.2 Å². The van der Waals surface area contributed by atoms with E-state index in [9.17, 15) is 10.1 Å². The van der Waals surface area contributed by atoms with Gasteiger partial charge in [0.15, 0.2) is 5.17 Å². The lowest BCUT2D eigenvalue weighted by molar-refractivity contribution is -0.122. The van der Waals surface area contributed by atoms with Crippen molar-refractivity contribution in [1.29, 1.82) is 5.26 Å². The van der Waals surface area contributed by atoms with Crippen molar-refractivity contribution in [1.82, 2.24) is 4.90 Å². The van der Waals surface area contributed by atoms with Crippen molar-refractivity contribution in [3.05, 3.63) is 93.9 Å². The van der Waals surface area contributed by atoms with Gasteiger partial charge >= 0.3 is 0 Å². The minimum absolute atomic E-state index is 0.0670. The van der Waals surface area contributed by atoms with Gasteiger partial charge in [-0.2, -0.15) is 5.26 Å². The third kappa shape index (κ3) is 4.41. The Morgan fingerprint density at radius 2 is 1.74 bits per heavy atom. The SMILES string of the molecule is CN(C)c1ccc(C#N)cc1N=C1S/C(=C2\Sc3ccccc3N2C)C(=O)N1Cc1ccccc1. The van der Waals surface area contributed by atoms with Gasteiger partial charge in [-0.25, -0.2) is 4.99 Å². The number of amidine groups is 1. The molecule has 0 atom stereocenters. The fourth-order valence-electron chi connectivity index (χ4n) is 3.99. The number of rotatable bonds is 4. The highest BCUT2D eigenvalue weighted by Crippen LogP contribution is 2.50. The first-order valence-electron chi connectivity index (χ1n) is 11.0. The predicted octanol–water partition coefficient (Wildman–Crippen LogP) is 5.80. The second-order valence-corrected chi connectivity index (χ2v) is 10.4. The van der Waals surface area contributed by atoms with Crippen LogP contribution in [0.25, 0.3) is 0 Å². The number of carbonyl (C=O) groups is 1. The van der Waals surface area contributed by atoms with Crippen LogP contribution in [0.1, 0.15) is 11.1 Å². The number of amides is 1. The number of aliphatic imine (C=N–C) groups is 1. The molecule has 0 saturated carbocycles. The number of anilines is 2. The molecule has 0 unspecified atom stereocenters. The topological polar surface area (TPSA) is 62.9 Å². The van der Waals surface area contributed by atoms with Crippen LogP contribution in [0.15, 0.2) is 92.6 Å². The lowest BCUT2D eigenvalue weighted by Crippen LogP contribution is -2.29. The van der Waals surface area contributed by atoms with Crippen LogP contribution in [-0.2, 0) is 11.3 Å². The number of para-hydroxylation sites is 1. The molecule has 1 amide bonds. The van der Waals surface area contributed by atoms with E-state index in [0.717, 1.165) is 26.9 Å². The van der Waals surface area contributed by atoms with Crippen molar-refractivity contribution in [3.63, 3.8) is 0 Å². The molecule has 1 fully saturated rings. The smallest absolute Gasteiger partial charge is 0.269 e. The second kappa shape index (κ2) is 9.53. The van der Waals surface area contributed by atoms with Gasteiger partial charge < -0.3 is 9.80 Å². The molecule has 2 aliphatic heterocycles. The molecule has 3 aromatic carbocycles. The lowest BCUT2D eigenvalue weighted by atomic mass is 10.2. The molecule has 3 aromatic rings. The van der Waals surface area contributed by atoms with E-state index in [-0.39, 0.29) is 5.91 Å². The summed E-state index contributed by atoms with van der Waals surface area (Å²) >= 11 is 3.00. The van der Waals surface area contributed by atoms with E-state index in [0.29, 0.717) is 27.9 Å². The zero-order valence-corrected chi connectivity index (χ0v) is 21.2. The largest absolute Gasteiger partial charge is 0.376 e. The van der Waals surface area contributed by atoms with Crippen LogP contribution in [0.2, 0.25) is 0 Å². The Balaban J connectivity index is 1.61. The van der Waals surface area contributed by atoms with Crippen molar-refractivity contribution in [2.45, 2.75) is 11.4 Å². The fraction of sp³-hybridized carbons (Fsp3) is 0.148. The number of hydrogen-bond acceptors (Lipinski definition) is 7. The summed E-state index contributed by atoms with van der Waals surface area (Å²) < 4.78 is 0.